The molecule has 0 aliphatic rings. The number of hydrogen-bond donors (Lipinski definition) is 0. The third-order valence-corrected chi connectivity index (χ3v) is 2.82. The minimum atomic E-state index is -4.88. The van der Waals surface area contributed by atoms with E-state index >= 15 is 0 Å². The van der Waals surface area contributed by atoms with Crippen LogP contribution in [-0.2, 0) is 19.4 Å². The first-order chi connectivity index (χ1) is 7.95. The molecular weight excluding hydrogens is 267 g/mol. The fourth-order valence-corrected chi connectivity index (χ4v) is 1.87. The van der Waals surface area contributed by atoms with Crippen molar-refractivity contribution >= 4 is 16.4 Å². The molecule has 0 aromatic heterocycles. The summed E-state index contributed by atoms with van der Waals surface area (Å²) >= 11 is 0. The first-order valence-corrected chi connectivity index (χ1v) is 7.47. The standard InChI is InChI=1S/C11H22O5S.Na/c1-2-3-4-5-6-7-8-9-10-11(12)16-17(13,14)15;/h2-10H2,1H3,(H,13,14,15);/q;+1/p-1. The van der Waals surface area contributed by atoms with Gasteiger partial charge in [-0.05, 0) is 6.42 Å². The molecule has 0 heterocycles. The number of hydrogen-bond acceptors (Lipinski definition) is 5. The topological polar surface area (TPSA) is 83.5 Å². The van der Waals surface area contributed by atoms with E-state index in [-0.39, 0.29) is 36.0 Å². The summed E-state index contributed by atoms with van der Waals surface area (Å²) in [6.07, 6.45) is 8.51. The largest absolute Gasteiger partial charge is 1.00 e. The molecule has 102 valence electrons. The summed E-state index contributed by atoms with van der Waals surface area (Å²) in [4.78, 5) is 10.8. The van der Waals surface area contributed by atoms with E-state index in [2.05, 4.69) is 11.1 Å². The molecule has 0 spiro atoms. The van der Waals surface area contributed by atoms with E-state index in [1.807, 2.05) is 0 Å². The Bertz CT molecular complexity index is 303. The summed E-state index contributed by atoms with van der Waals surface area (Å²) in [5, 5.41) is 0. The van der Waals surface area contributed by atoms with Crippen LogP contribution in [0.1, 0.15) is 64.7 Å². The van der Waals surface area contributed by atoms with Crippen LogP contribution in [0.3, 0.4) is 0 Å². The van der Waals surface area contributed by atoms with Crippen LogP contribution in [-0.4, -0.2) is 18.9 Å². The number of carbonyl (C=O) groups excluding carboxylic acids is 1. The van der Waals surface area contributed by atoms with Gasteiger partial charge in [0.05, 0.1) is 0 Å². The molecule has 0 bridgehead atoms. The zero-order chi connectivity index (χ0) is 13.1. The molecule has 5 nitrogen and oxygen atoms in total. The van der Waals surface area contributed by atoms with E-state index in [1.54, 1.807) is 0 Å². The Hall–Kier alpha value is 0.380. The summed E-state index contributed by atoms with van der Waals surface area (Å²) in [5.74, 6) is -0.953. The zero-order valence-electron chi connectivity index (χ0n) is 11.3. The van der Waals surface area contributed by atoms with Gasteiger partial charge in [0.15, 0.2) is 0 Å². The van der Waals surface area contributed by atoms with Crippen molar-refractivity contribution in [2.24, 2.45) is 0 Å². The molecule has 18 heavy (non-hydrogen) atoms. The van der Waals surface area contributed by atoms with Gasteiger partial charge >= 0.3 is 35.5 Å². The van der Waals surface area contributed by atoms with Crippen LogP contribution in [0, 0.1) is 0 Å². The molecule has 0 aliphatic carbocycles. The Morgan fingerprint density at radius 1 is 1.00 bits per heavy atom. The molecule has 0 saturated heterocycles. The molecule has 0 aromatic rings. The molecule has 0 unspecified atom stereocenters. The Morgan fingerprint density at radius 3 is 1.89 bits per heavy atom. The van der Waals surface area contributed by atoms with Crippen molar-refractivity contribution < 1.29 is 51.5 Å². The van der Waals surface area contributed by atoms with Crippen molar-refractivity contribution in [2.45, 2.75) is 64.7 Å². The van der Waals surface area contributed by atoms with Crippen molar-refractivity contribution in [3.05, 3.63) is 0 Å². The van der Waals surface area contributed by atoms with Gasteiger partial charge in [0.25, 0.3) is 10.4 Å². The van der Waals surface area contributed by atoms with E-state index in [4.69, 9.17) is 0 Å². The first-order valence-electron chi connectivity index (χ1n) is 6.14. The molecule has 0 aliphatic heterocycles. The van der Waals surface area contributed by atoms with Gasteiger partial charge in [0.1, 0.15) is 0 Å². The van der Waals surface area contributed by atoms with Crippen molar-refractivity contribution in [3.8, 4) is 0 Å². The zero-order valence-corrected chi connectivity index (χ0v) is 14.1. The van der Waals surface area contributed by atoms with Crippen molar-refractivity contribution in [1.29, 1.82) is 0 Å². The summed E-state index contributed by atoms with van der Waals surface area (Å²) < 4.78 is 33.9. The Kier molecular flexibility index (Phi) is 14.3. The van der Waals surface area contributed by atoms with Crippen LogP contribution in [0.2, 0.25) is 0 Å². The van der Waals surface area contributed by atoms with Gasteiger partial charge in [-0.25, -0.2) is 8.42 Å². The number of rotatable bonds is 10. The van der Waals surface area contributed by atoms with Crippen LogP contribution in [0.15, 0.2) is 0 Å². The second kappa shape index (κ2) is 12.4. The Morgan fingerprint density at radius 2 is 1.44 bits per heavy atom. The molecule has 0 saturated carbocycles. The van der Waals surface area contributed by atoms with E-state index < -0.39 is 16.4 Å². The number of unbranched alkanes of at least 4 members (excludes halogenated alkanes) is 7. The van der Waals surface area contributed by atoms with Gasteiger partial charge in [-0.15, -0.1) is 0 Å². The molecular formula is C11H21NaO5S. The quantitative estimate of drug-likeness (QED) is 0.235. The van der Waals surface area contributed by atoms with E-state index in [0.717, 1.165) is 19.3 Å². The Balaban J connectivity index is 0. The molecule has 0 aromatic carbocycles. The predicted octanol–water partition coefficient (Wildman–Crippen LogP) is -0.475. The van der Waals surface area contributed by atoms with Crippen LogP contribution in [0.25, 0.3) is 0 Å². The minimum Gasteiger partial charge on any atom is -0.716 e. The maximum atomic E-state index is 10.8. The summed E-state index contributed by atoms with van der Waals surface area (Å²) in [6, 6.07) is 0. The Labute approximate surface area is 132 Å². The van der Waals surface area contributed by atoms with Crippen molar-refractivity contribution in [2.75, 3.05) is 0 Å². The third-order valence-electron chi connectivity index (χ3n) is 2.43. The first kappa shape index (κ1) is 20.7. The van der Waals surface area contributed by atoms with Crippen molar-refractivity contribution in [3.63, 3.8) is 0 Å². The summed E-state index contributed by atoms with van der Waals surface area (Å²) in [5.41, 5.74) is 0. The van der Waals surface area contributed by atoms with Crippen molar-refractivity contribution in [1.82, 2.24) is 0 Å². The molecule has 0 N–H and O–H groups in total. The third kappa shape index (κ3) is 16.4. The number of carbonyl (C=O) groups is 1. The van der Waals surface area contributed by atoms with Gasteiger partial charge in [0.2, 0.25) is 0 Å². The molecule has 0 atom stereocenters. The van der Waals surface area contributed by atoms with E-state index in [0.29, 0.717) is 6.42 Å². The molecule has 7 heteroatoms. The summed E-state index contributed by atoms with van der Waals surface area (Å²) in [6.45, 7) is 2.16. The second-order valence-electron chi connectivity index (χ2n) is 4.09. The van der Waals surface area contributed by atoms with Crippen LogP contribution < -0.4 is 29.6 Å². The molecule has 0 radical (unpaired) electrons. The monoisotopic (exact) mass is 288 g/mol. The molecule has 0 amide bonds. The van der Waals surface area contributed by atoms with Crippen LogP contribution >= 0.6 is 0 Å². The van der Waals surface area contributed by atoms with Gasteiger partial charge in [-0.2, -0.15) is 0 Å². The maximum absolute atomic E-state index is 10.8. The van der Waals surface area contributed by atoms with Gasteiger partial charge in [-0.1, -0.05) is 51.9 Å². The fraction of sp³-hybridized carbons (Fsp3) is 0.909. The smallest absolute Gasteiger partial charge is 0.716 e. The second-order valence-corrected chi connectivity index (χ2v) is 5.07. The summed E-state index contributed by atoms with van der Waals surface area (Å²) in [7, 11) is -4.88. The molecule has 0 fully saturated rings. The predicted molar refractivity (Wildman–Crippen MR) is 63.0 cm³/mol. The van der Waals surface area contributed by atoms with E-state index in [9.17, 15) is 17.8 Å². The van der Waals surface area contributed by atoms with Gasteiger partial charge in [0, 0.05) is 6.42 Å². The van der Waals surface area contributed by atoms with Gasteiger partial charge in [-0.3, -0.25) is 4.79 Å². The normalized spacial score (nSPS) is 10.8. The fourth-order valence-electron chi connectivity index (χ4n) is 1.56. The van der Waals surface area contributed by atoms with E-state index in [1.165, 1.54) is 25.7 Å². The van der Waals surface area contributed by atoms with Gasteiger partial charge < -0.3 is 8.74 Å². The average Bonchev–Trinajstić information content (AvgIpc) is 2.19. The van der Waals surface area contributed by atoms with Crippen LogP contribution in [0.4, 0.5) is 0 Å². The SMILES string of the molecule is CCCCCCCCCCC(=O)OS(=O)(=O)[O-].[Na+]. The van der Waals surface area contributed by atoms with Crippen LogP contribution in [0.5, 0.6) is 0 Å². The maximum Gasteiger partial charge on any atom is 1.00 e. The average molecular weight is 288 g/mol. The molecule has 0 rings (SSSR count). The minimum absolute atomic E-state index is 0.